The smallest absolute Gasteiger partial charge is 0.286 e. The molecule has 4 heterocycles. The Kier molecular flexibility index (Phi) is 29.8. The van der Waals surface area contributed by atoms with Gasteiger partial charge in [0.05, 0.1) is 109 Å². The average molecular weight is 1520 g/mol. The SMILES string of the molecule is CN1C(=O)c2cccc3c(CCCC[N+](C)(C)CCSSCC[N+](C)(C)CCCNc4ccc5c6c(cccc46)C(=O)N(C)C5=O)ccc(c23)C1=O.COc1cc(/C=C/c2cc[n+](CC(=O)CCCSSCCNC(=O)C[n+]3ccc(/C=C/c4cc(OC)c(OC)c(OC)c4)cc3)cc2)cc(OC)c1OC. The molecule has 0 unspecified atom stereocenters. The number of unbranched alkanes of at least 4 members (excludes halogenated alkanes) is 1. The summed E-state index contributed by atoms with van der Waals surface area (Å²) in [7, 11) is 29.2. The lowest BCUT2D eigenvalue weighted by Gasteiger charge is -2.30. The second-order valence-corrected chi connectivity index (χ2v) is 32.6. The molecule has 2 N–H and O–H groups in total. The standard InChI is InChI=1S/C41H50N5O4S2.C41H48N3O8S2/c1-43-38(47)31-15-9-13-29-28(17-18-33(36(29)31)40(43)49)12-7-8-22-45(3,4)24-26-51-52-27-25-46(5,6)23-11-21-42-35-20-19-34-37-30(35)14-10-16-32(37)39(48)44(2)41(34)50;1-47-35-24-32(25-36(48-2)40(35)51-5)11-9-30-13-18-43(19-14-30)28-34(45)8-7-22-53-54-23-17-42-39(46)29-44-20-15-31(16-21-44)10-12-33-26-37(49-3)41(52-6)38(27-33)50-4/h9-10,13-20H,7-8,11-12,21-27H2,1-6H3;9-16,18-21,24-27H,7-8,17,22-23,28-29H2,1-6H3/q2*+1/p+2/b;11-9+,12-10+. The molecule has 8 aromatic rings. The fraction of sp³-hybridized carbons (Fsp3) is 0.366. The summed E-state index contributed by atoms with van der Waals surface area (Å²) in [5, 5.41) is 10.1. The van der Waals surface area contributed by atoms with Crippen LogP contribution >= 0.6 is 43.2 Å². The molecule has 10 rings (SSSR count). The number of ether oxygens (including phenoxy) is 6. The number of amides is 5. The number of carbonyl (C=O) groups is 6. The molecule has 0 fully saturated rings. The number of Topliss-reactive ketones (excluding diaryl/α,β-unsaturated/α-hetero) is 1. The van der Waals surface area contributed by atoms with Crippen LogP contribution in [0.3, 0.4) is 0 Å². The van der Waals surface area contributed by atoms with Crippen LogP contribution in [0.5, 0.6) is 34.5 Å². The zero-order chi connectivity index (χ0) is 75.9. The molecule has 0 saturated carbocycles. The first kappa shape index (κ1) is 81.0. The summed E-state index contributed by atoms with van der Waals surface area (Å²) in [6.07, 6.45) is 21.0. The Morgan fingerprint density at radius 3 is 1.39 bits per heavy atom. The van der Waals surface area contributed by atoms with E-state index in [-0.39, 0.29) is 41.9 Å². The number of aromatic nitrogens is 2. The van der Waals surface area contributed by atoms with Crippen LogP contribution in [0.1, 0.15) is 101 Å². The molecule has 0 aliphatic carbocycles. The van der Waals surface area contributed by atoms with Crippen molar-refractivity contribution in [3.63, 3.8) is 0 Å². The van der Waals surface area contributed by atoms with Crippen LogP contribution in [-0.2, 0) is 29.1 Å². The van der Waals surface area contributed by atoms with E-state index in [0.717, 1.165) is 146 Å². The molecular formula is C82H100N8O12S4+4. The summed E-state index contributed by atoms with van der Waals surface area (Å²) in [6, 6.07) is 34.6. The molecule has 2 aliphatic rings. The first-order chi connectivity index (χ1) is 51.1. The average Bonchev–Trinajstić information content (AvgIpc) is 0.750. The van der Waals surface area contributed by atoms with Crippen molar-refractivity contribution in [2.75, 3.05) is 153 Å². The summed E-state index contributed by atoms with van der Waals surface area (Å²) in [6.45, 7) is 6.37. The van der Waals surface area contributed by atoms with Crippen molar-refractivity contribution < 1.29 is 75.3 Å². The molecule has 6 aromatic carbocycles. The monoisotopic (exact) mass is 1520 g/mol. The highest BCUT2D eigenvalue weighted by atomic mass is 33.1. The largest absolute Gasteiger partial charge is 0.493 e. The van der Waals surface area contributed by atoms with E-state index >= 15 is 0 Å². The number of carbonyl (C=O) groups excluding carboxylic acids is 6. The quantitative estimate of drug-likeness (QED) is 0.0121. The third kappa shape index (κ3) is 21.6. The van der Waals surface area contributed by atoms with Gasteiger partial charge in [-0.1, -0.05) is 97.8 Å². The number of rotatable bonds is 39. The maximum atomic E-state index is 12.7. The molecular weight excluding hydrogens is 1420 g/mol. The Hall–Kier alpha value is -9.04. The Bertz CT molecular complexity index is 4120. The van der Waals surface area contributed by atoms with Crippen LogP contribution in [-0.4, -0.2) is 201 Å². The van der Waals surface area contributed by atoms with Gasteiger partial charge >= 0.3 is 0 Å². The van der Waals surface area contributed by atoms with Gasteiger partial charge in [0, 0.05) is 120 Å². The number of benzene rings is 6. The van der Waals surface area contributed by atoms with Gasteiger partial charge in [-0.3, -0.25) is 38.6 Å². The van der Waals surface area contributed by atoms with Gasteiger partial charge in [0.25, 0.3) is 29.5 Å². The van der Waals surface area contributed by atoms with Gasteiger partial charge in [0.15, 0.2) is 53.6 Å². The third-order valence-corrected chi connectivity index (χ3v) is 23.6. The molecule has 0 spiro atoms. The minimum atomic E-state index is -0.249. The van der Waals surface area contributed by atoms with E-state index < -0.39 is 0 Å². The molecule has 0 radical (unpaired) electrons. The van der Waals surface area contributed by atoms with Crippen molar-refractivity contribution in [3.8, 4) is 34.5 Å². The number of nitrogens with zero attached hydrogens (tertiary/aromatic N) is 6. The van der Waals surface area contributed by atoms with Crippen LogP contribution < -0.4 is 48.2 Å². The summed E-state index contributed by atoms with van der Waals surface area (Å²) in [5.41, 5.74) is 8.39. The van der Waals surface area contributed by atoms with Crippen molar-refractivity contribution in [3.05, 3.63) is 184 Å². The molecule has 0 atom stereocenters. The number of aryl methyl sites for hydroxylation is 1. The highest BCUT2D eigenvalue weighted by Crippen LogP contribution is 2.41. The van der Waals surface area contributed by atoms with Crippen LogP contribution in [0.2, 0.25) is 0 Å². The molecule has 0 bridgehead atoms. The Balaban J connectivity index is 0.000000245. The fourth-order valence-corrected chi connectivity index (χ4v) is 17.2. The molecule has 560 valence electrons. The van der Waals surface area contributed by atoms with Gasteiger partial charge in [-0.15, -0.1) is 0 Å². The van der Waals surface area contributed by atoms with Crippen molar-refractivity contribution in [2.24, 2.45) is 0 Å². The summed E-state index contributed by atoms with van der Waals surface area (Å²) in [5.74, 6) is 6.55. The van der Waals surface area contributed by atoms with Gasteiger partial charge in [0.1, 0.15) is 0 Å². The van der Waals surface area contributed by atoms with E-state index in [2.05, 4.69) is 44.9 Å². The number of hydrogen-bond donors (Lipinski definition) is 2. The molecule has 20 nitrogen and oxygen atoms in total. The number of imide groups is 2. The highest BCUT2D eigenvalue weighted by molar-refractivity contribution is 8.77. The molecule has 106 heavy (non-hydrogen) atoms. The van der Waals surface area contributed by atoms with E-state index in [9.17, 15) is 28.8 Å². The fourth-order valence-electron chi connectivity index (χ4n) is 12.7. The minimum absolute atomic E-state index is 0.0444. The number of pyridine rings is 2. The van der Waals surface area contributed by atoms with Gasteiger partial charge in [0.2, 0.25) is 24.6 Å². The van der Waals surface area contributed by atoms with E-state index in [1.54, 1.807) is 77.4 Å². The predicted octanol–water partition coefficient (Wildman–Crippen LogP) is 13.0. The summed E-state index contributed by atoms with van der Waals surface area (Å²) in [4.78, 5) is 78.3. The van der Waals surface area contributed by atoms with Crippen LogP contribution in [0.4, 0.5) is 5.69 Å². The lowest BCUT2D eigenvalue weighted by atomic mass is 9.90. The predicted molar refractivity (Wildman–Crippen MR) is 431 cm³/mol. The maximum absolute atomic E-state index is 12.7. The van der Waals surface area contributed by atoms with Crippen molar-refractivity contribution >= 4 is 130 Å². The van der Waals surface area contributed by atoms with Gasteiger partial charge < -0.3 is 48.0 Å². The van der Waals surface area contributed by atoms with Crippen molar-refractivity contribution in [1.82, 2.24) is 15.1 Å². The molecule has 2 aliphatic heterocycles. The number of methoxy groups -OCH3 is 6. The maximum Gasteiger partial charge on any atom is 0.286 e. The first-order valence-corrected chi connectivity index (χ1v) is 40.4. The van der Waals surface area contributed by atoms with Crippen LogP contribution in [0.15, 0.2) is 134 Å². The van der Waals surface area contributed by atoms with Crippen LogP contribution in [0, 0.1) is 0 Å². The van der Waals surface area contributed by atoms with Crippen LogP contribution in [0.25, 0.3) is 45.8 Å². The number of anilines is 1. The first-order valence-electron chi connectivity index (χ1n) is 35.4. The molecule has 24 heteroatoms. The highest BCUT2D eigenvalue weighted by Gasteiger charge is 2.33. The zero-order valence-electron chi connectivity index (χ0n) is 63.0. The molecule has 0 saturated heterocycles. The lowest BCUT2D eigenvalue weighted by molar-refractivity contribution is -0.888. The van der Waals surface area contributed by atoms with Gasteiger partial charge in [-0.25, -0.2) is 0 Å². The zero-order valence-corrected chi connectivity index (χ0v) is 66.2. The molecule has 2 aromatic heterocycles. The van der Waals surface area contributed by atoms with E-state index in [0.29, 0.717) is 76.3 Å². The second-order valence-electron chi connectivity index (χ2n) is 27.2. The second kappa shape index (κ2) is 39.0. The normalized spacial score (nSPS) is 12.8. The Morgan fingerprint density at radius 2 is 0.887 bits per heavy atom. The van der Waals surface area contributed by atoms with Gasteiger partial charge in [-0.05, 0) is 113 Å². The Labute approximate surface area is 639 Å². The Morgan fingerprint density at radius 1 is 0.453 bits per heavy atom. The number of nitrogens with one attached hydrogen (secondary N) is 2. The van der Waals surface area contributed by atoms with E-state index in [4.69, 9.17) is 28.4 Å². The topological polar surface area (TPSA) is 196 Å². The molecule has 5 amide bonds. The number of hydrogen-bond acceptors (Lipinski definition) is 17. The summed E-state index contributed by atoms with van der Waals surface area (Å²) < 4.78 is 38.2. The third-order valence-electron chi connectivity index (χ3n) is 18.8. The summed E-state index contributed by atoms with van der Waals surface area (Å²) >= 11 is 0. The van der Waals surface area contributed by atoms with Gasteiger partial charge in [-0.2, -0.15) is 9.13 Å². The lowest BCUT2D eigenvalue weighted by Crippen LogP contribution is -2.43. The van der Waals surface area contributed by atoms with Crippen molar-refractivity contribution in [1.29, 1.82) is 0 Å². The minimum Gasteiger partial charge on any atom is -0.493 e. The number of ketones is 1. The number of quaternary nitrogens is 2. The van der Waals surface area contributed by atoms with E-state index in [1.807, 2.05) is 177 Å². The van der Waals surface area contributed by atoms with Crippen molar-refractivity contribution in [2.45, 2.75) is 51.6 Å². The van der Waals surface area contributed by atoms with E-state index in [1.165, 1.54) is 22.4 Å².